The Bertz CT molecular complexity index is 399. The van der Waals surface area contributed by atoms with Crippen molar-refractivity contribution in [3.63, 3.8) is 0 Å². The van der Waals surface area contributed by atoms with Gasteiger partial charge in [0.25, 0.3) is 0 Å². The van der Waals surface area contributed by atoms with E-state index in [0.29, 0.717) is 17.9 Å². The Morgan fingerprint density at radius 1 is 1.26 bits per heavy atom. The van der Waals surface area contributed by atoms with E-state index in [1.807, 2.05) is 0 Å². The van der Waals surface area contributed by atoms with Crippen LogP contribution >= 0.6 is 12.4 Å². The Hall–Kier alpha value is -0.930. The maximum Gasteiger partial charge on any atom is 0.163 e. The number of benzene rings is 1. The average molecular weight is 286 g/mol. The summed E-state index contributed by atoms with van der Waals surface area (Å²) in [7, 11) is 0. The van der Waals surface area contributed by atoms with Crippen LogP contribution in [0.15, 0.2) is 24.3 Å². The fraction of sp³-hybridized carbons (Fsp3) is 0.533. The molecule has 0 unspecified atom stereocenters. The minimum Gasteiger partial charge on any atom is -0.304 e. The molecule has 1 heterocycles. The molecule has 0 aliphatic carbocycles. The third-order valence-corrected chi connectivity index (χ3v) is 3.79. The lowest BCUT2D eigenvalue weighted by molar-refractivity contribution is 0.0930. The SMILES string of the molecule is CCN1CCC(CC(=O)c2ccc(F)cc2)CC1.Cl. The summed E-state index contributed by atoms with van der Waals surface area (Å²) in [5, 5.41) is 0. The number of likely N-dealkylation sites (tertiary alicyclic amines) is 1. The molecule has 1 saturated heterocycles. The van der Waals surface area contributed by atoms with Gasteiger partial charge in [-0.25, -0.2) is 4.39 Å². The van der Waals surface area contributed by atoms with Gasteiger partial charge in [-0.1, -0.05) is 6.92 Å². The van der Waals surface area contributed by atoms with Crippen LogP contribution in [0.4, 0.5) is 4.39 Å². The zero-order valence-electron chi connectivity index (χ0n) is 11.3. The van der Waals surface area contributed by atoms with Crippen LogP contribution in [0.3, 0.4) is 0 Å². The average Bonchev–Trinajstić information content (AvgIpc) is 2.40. The number of hydrogen-bond donors (Lipinski definition) is 0. The first-order valence-electron chi connectivity index (χ1n) is 6.70. The Morgan fingerprint density at radius 2 is 1.84 bits per heavy atom. The number of ketones is 1. The monoisotopic (exact) mass is 285 g/mol. The van der Waals surface area contributed by atoms with Gasteiger partial charge in [0.2, 0.25) is 0 Å². The van der Waals surface area contributed by atoms with Crippen LogP contribution in [-0.4, -0.2) is 30.3 Å². The fourth-order valence-corrected chi connectivity index (χ4v) is 2.52. The van der Waals surface area contributed by atoms with Crippen molar-refractivity contribution in [1.29, 1.82) is 0 Å². The molecule has 0 spiro atoms. The maximum absolute atomic E-state index is 12.8. The van der Waals surface area contributed by atoms with Gasteiger partial charge in [0.15, 0.2) is 5.78 Å². The molecule has 0 atom stereocenters. The van der Waals surface area contributed by atoms with E-state index in [9.17, 15) is 9.18 Å². The number of carbonyl (C=O) groups excluding carboxylic acids is 1. The molecule has 4 heteroatoms. The highest BCUT2D eigenvalue weighted by atomic mass is 35.5. The summed E-state index contributed by atoms with van der Waals surface area (Å²) >= 11 is 0. The summed E-state index contributed by atoms with van der Waals surface area (Å²) in [6.07, 6.45) is 2.80. The lowest BCUT2D eigenvalue weighted by Gasteiger charge is -2.30. The highest BCUT2D eigenvalue weighted by Gasteiger charge is 2.21. The number of halogens is 2. The first-order valence-corrected chi connectivity index (χ1v) is 6.70. The molecule has 1 aliphatic heterocycles. The van der Waals surface area contributed by atoms with Crippen LogP contribution in [0, 0.1) is 11.7 Å². The Morgan fingerprint density at radius 3 is 2.37 bits per heavy atom. The molecule has 0 aromatic heterocycles. The molecule has 0 amide bonds. The van der Waals surface area contributed by atoms with Crippen LogP contribution in [0.2, 0.25) is 0 Å². The van der Waals surface area contributed by atoms with E-state index in [-0.39, 0.29) is 24.0 Å². The number of nitrogens with zero attached hydrogens (tertiary/aromatic N) is 1. The van der Waals surface area contributed by atoms with Gasteiger partial charge < -0.3 is 4.90 Å². The molecule has 2 rings (SSSR count). The van der Waals surface area contributed by atoms with E-state index in [0.717, 1.165) is 32.5 Å². The van der Waals surface area contributed by atoms with Crippen LogP contribution < -0.4 is 0 Å². The normalized spacial score (nSPS) is 16.9. The number of hydrogen-bond acceptors (Lipinski definition) is 2. The minimum absolute atomic E-state index is 0. The standard InChI is InChI=1S/C15H20FNO.ClH/c1-2-17-9-7-12(8-10-17)11-15(18)13-3-5-14(16)6-4-13;/h3-6,12H,2,7-11H2,1H3;1H. The minimum atomic E-state index is -0.289. The van der Waals surface area contributed by atoms with Crippen LogP contribution in [0.25, 0.3) is 0 Å². The number of carbonyl (C=O) groups is 1. The first kappa shape index (κ1) is 16.1. The van der Waals surface area contributed by atoms with Gasteiger partial charge in [-0.05, 0) is 62.7 Å². The zero-order valence-corrected chi connectivity index (χ0v) is 12.1. The van der Waals surface area contributed by atoms with Crippen LogP contribution in [0.5, 0.6) is 0 Å². The maximum atomic E-state index is 12.8. The van der Waals surface area contributed by atoms with Gasteiger partial charge in [-0.3, -0.25) is 4.79 Å². The second kappa shape index (κ2) is 7.61. The van der Waals surface area contributed by atoms with Gasteiger partial charge in [0.1, 0.15) is 5.82 Å². The van der Waals surface area contributed by atoms with Gasteiger partial charge >= 0.3 is 0 Å². The van der Waals surface area contributed by atoms with Crippen molar-refractivity contribution in [2.75, 3.05) is 19.6 Å². The smallest absolute Gasteiger partial charge is 0.163 e. The van der Waals surface area contributed by atoms with E-state index < -0.39 is 0 Å². The molecule has 19 heavy (non-hydrogen) atoms. The second-order valence-electron chi connectivity index (χ2n) is 5.01. The number of Topliss-reactive ketones (excluding diaryl/α,β-unsaturated/α-hetero) is 1. The van der Waals surface area contributed by atoms with Crippen molar-refractivity contribution in [1.82, 2.24) is 4.90 Å². The largest absolute Gasteiger partial charge is 0.304 e. The molecule has 1 aromatic rings. The van der Waals surface area contributed by atoms with Gasteiger partial charge in [-0.2, -0.15) is 0 Å². The molecular weight excluding hydrogens is 265 g/mol. The molecule has 0 saturated carbocycles. The summed E-state index contributed by atoms with van der Waals surface area (Å²) in [6.45, 7) is 5.46. The van der Waals surface area contributed by atoms with Crippen molar-refractivity contribution in [2.45, 2.75) is 26.2 Å². The van der Waals surface area contributed by atoms with Crippen LogP contribution in [0.1, 0.15) is 36.5 Å². The fourth-order valence-electron chi connectivity index (χ4n) is 2.52. The second-order valence-corrected chi connectivity index (χ2v) is 5.01. The topological polar surface area (TPSA) is 20.3 Å². The van der Waals surface area contributed by atoms with Crippen molar-refractivity contribution in [2.24, 2.45) is 5.92 Å². The van der Waals surface area contributed by atoms with Crippen molar-refractivity contribution in [3.8, 4) is 0 Å². The van der Waals surface area contributed by atoms with E-state index in [1.54, 1.807) is 12.1 Å². The third kappa shape index (κ3) is 4.59. The zero-order chi connectivity index (χ0) is 13.0. The summed E-state index contributed by atoms with van der Waals surface area (Å²) in [4.78, 5) is 14.5. The third-order valence-electron chi connectivity index (χ3n) is 3.79. The summed E-state index contributed by atoms with van der Waals surface area (Å²) in [5.74, 6) is 0.345. The molecule has 1 fully saturated rings. The summed E-state index contributed by atoms with van der Waals surface area (Å²) < 4.78 is 12.8. The predicted octanol–water partition coefficient (Wildman–Crippen LogP) is 3.55. The predicted molar refractivity (Wildman–Crippen MR) is 77.4 cm³/mol. The molecule has 1 aliphatic rings. The molecule has 0 bridgehead atoms. The molecule has 1 aromatic carbocycles. The van der Waals surface area contributed by atoms with Gasteiger partial charge in [-0.15, -0.1) is 12.4 Å². The van der Waals surface area contributed by atoms with Gasteiger partial charge in [0.05, 0.1) is 0 Å². The molecule has 106 valence electrons. The van der Waals surface area contributed by atoms with Crippen LogP contribution in [-0.2, 0) is 0 Å². The lowest BCUT2D eigenvalue weighted by atomic mass is 9.90. The van der Waals surface area contributed by atoms with Crippen molar-refractivity contribution < 1.29 is 9.18 Å². The summed E-state index contributed by atoms with van der Waals surface area (Å²) in [5.41, 5.74) is 0.634. The van der Waals surface area contributed by atoms with Gasteiger partial charge in [0, 0.05) is 12.0 Å². The first-order chi connectivity index (χ1) is 8.69. The molecule has 2 nitrogen and oxygen atoms in total. The number of rotatable bonds is 4. The lowest BCUT2D eigenvalue weighted by Crippen LogP contribution is -2.34. The molecule has 0 radical (unpaired) electrons. The summed E-state index contributed by atoms with van der Waals surface area (Å²) in [6, 6.07) is 5.87. The van der Waals surface area contributed by atoms with E-state index in [2.05, 4.69) is 11.8 Å². The molecular formula is C15H21ClFNO. The van der Waals surface area contributed by atoms with Crippen molar-refractivity contribution >= 4 is 18.2 Å². The Kier molecular flexibility index (Phi) is 6.46. The van der Waals surface area contributed by atoms with Crippen molar-refractivity contribution in [3.05, 3.63) is 35.6 Å². The van der Waals surface area contributed by atoms with E-state index in [4.69, 9.17) is 0 Å². The Labute approximate surface area is 120 Å². The Balaban J connectivity index is 0.00000180. The number of piperidine rings is 1. The quantitative estimate of drug-likeness (QED) is 0.789. The molecule has 0 N–H and O–H groups in total. The highest BCUT2D eigenvalue weighted by Crippen LogP contribution is 2.22. The van der Waals surface area contributed by atoms with E-state index >= 15 is 0 Å². The highest BCUT2D eigenvalue weighted by molar-refractivity contribution is 5.96. The van der Waals surface area contributed by atoms with E-state index in [1.165, 1.54) is 12.1 Å².